The number of nitrogens with zero attached hydrogens (tertiary/aromatic N) is 2. The van der Waals surface area contributed by atoms with Gasteiger partial charge < -0.3 is 10.6 Å². The first kappa shape index (κ1) is 12.7. The van der Waals surface area contributed by atoms with Crippen molar-refractivity contribution in [2.75, 3.05) is 11.4 Å². The van der Waals surface area contributed by atoms with E-state index in [2.05, 4.69) is 16.8 Å². The highest BCUT2D eigenvalue weighted by molar-refractivity contribution is 6.33. The third kappa shape index (κ3) is 2.55. The zero-order valence-corrected chi connectivity index (χ0v) is 11.1. The number of piperidine rings is 1. The molecular weight excluding hydrogens is 234 g/mol. The van der Waals surface area contributed by atoms with E-state index in [0.29, 0.717) is 12.6 Å². The fourth-order valence-electron chi connectivity index (χ4n) is 2.53. The molecule has 1 fully saturated rings. The van der Waals surface area contributed by atoms with Crippen LogP contribution in [-0.4, -0.2) is 17.6 Å². The van der Waals surface area contributed by atoms with Crippen LogP contribution in [0.3, 0.4) is 0 Å². The molecule has 2 heterocycles. The molecule has 2 rings (SSSR count). The normalized spacial score (nSPS) is 20.6. The van der Waals surface area contributed by atoms with Crippen LogP contribution in [0.25, 0.3) is 0 Å². The Labute approximate surface area is 108 Å². The third-order valence-electron chi connectivity index (χ3n) is 3.54. The predicted octanol–water partition coefficient (Wildman–Crippen LogP) is 2.96. The molecule has 2 N–H and O–H groups in total. The Kier molecular flexibility index (Phi) is 4.24. The third-order valence-corrected chi connectivity index (χ3v) is 3.95. The van der Waals surface area contributed by atoms with Crippen molar-refractivity contribution in [2.24, 2.45) is 5.73 Å². The molecule has 1 aromatic rings. The lowest BCUT2D eigenvalue weighted by Crippen LogP contribution is -2.39. The van der Waals surface area contributed by atoms with Crippen molar-refractivity contribution in [3.63, 3.8) is 0 Å². The molecule has 1 aromatic heterocycles. The molecule has 0 amide bonds. The lowest BCUT2D eigenvalue weighted by Gasteiger charge is -2.36. The van der Waals surface area contributed by atoms with Crippen molar-refractivity contribution >= 4 is 17.4 Å². The van der Waals surface area contributed by atoms with E-state index in [1.165, 1.54) is 19.3 Å². The summed E-state index contributed by atoms with van der Waals surface area (Å²) in [5.41, 5.74) is 6.67. The van der Waals surface area contributed by atoms with Crippen molar-refractivity contribution in [2.45, 2.75) is 45.2 Å². The van der Waals surface area contributed by atoms with Crippen LogP contribution in [-0.2, 0) is 6.54 Å². The van der Waals surface area contributed by atoms with Crippen LogP contribution < -0.4 is 10.6 Å². The lowest BCUT2D eigenvalue weighted by atomic mass is 10.00. The summed E-state index contributed by atoms with van der Waals surface area (Å²) in [6.45, 7) is 3.75. The van der Waals surface area contributed by atoms with E-state index in [1.807, 2.05) is 12.3 Å². The van der Waals surface area contributed by atoms with Crippen LogP contribution >= 0.6 is 11.6 Å². The second kappa shape index (κ2) is 5.69. The highest BCUT2D eigenvalue weighted by atomic mass is 35.5. The summed E-state index contributed by atoms with van der Waals surface area (Å²) in [6.07, 6.45) is 6.72. The van der Waals surface area contributed by atoms with Crippen molar-refractivity contribution in [1.82, 2.24) is 4.98 Å². The van der Waals surface area contributed by atoms with E-state index in [4.69, 9.17) is 17.3 Å². The Morgan fingerprint density at radius 3 is 3.06 bits per heavy atom. The fourth-order valence-corrected chi connectivity index (χ4v) is 2.83. The molecule has 3 nitrogen and oxygen atoms in total. The Hall–Kier alpha value is -0.800. The van der Waals surface area contributed by atoms with Gasteiger partial charge in [-0.15, -0.1) is 0 Å². The quantitative estimate of drug-likeness (QED) is 0.901. The molecule has 0 spiro atoms. The fraction of sp³-hybridized carbons (Fsp3) is 0.615. The van der Waals surface area contributed by atoms with Crippen LogP contribution in [0.5, 0.6) is 0 Å². The molecule has 1 atom stereocenters. The van der Waals surface area contributed by atoms with Crippen LogP contribution in [0.1, 0.15) is 38.2 Å². The zero-order valence-electron chi connectivity index (χ0n) is 10.3. The molecule has 4 heteroatoms. The maximum atomic E-state index is 6.38. The molecule has 0 aliphatic carbocycles. The molecule has 94 valence electrons. The van der Waals surface area contributed by atoms with Gasteiger partial charge in [0.25, 0.3) is 0 Å². The van der Waals surface area contributed by atoms with E-state index in [9.17, 15) is 0 Å². The molecule has 0 aromatic carbocycles. The Morgan fingerprint density at radius 2 is 2.35 bits per heavy atom. The second-order valence-electron chi connectivity index (χ2n) is 4.56. The van der Waals surface area contributed by atoms with Crippen molar-refractivity contribution in [3.8, 4) is 0 Å². The summed E-state index contributed by atoms with van der Waals surface area (Å²) in [4.78, 5) is 6.80. The average molecular weight is 254 g/mol. The molecular formula is C13H20ClN3. The smallest absolute Gasteiger partial charge is 0.147 e. The largest absolute Gasteiger partial charge is 0.352 e. The maximum absolute atomic E-state index is 6.38. The van der Waals surface area contributed by atoms with Gasteiger partial charge in [-0.3, -0.25) is 0 Å². The molecule has 1 unspecified atom stereocenters. The molecule has 0 saturated carbocycles. The summed E-state index contributed by atoms with van der Waals surface area (Å²) in [7, 11) is 0. The summed E-state index contributed by atoms with van der Waals surface area (Å²) in [5, 5.41) is 0.732. The van der Waals surface area contributed by atoms with Crippen molar-refractivity contribution < 1.29 is 0 Å². The highest BCUT2D eigenvalue weighted by Crippen LogP contribution is 2.32. The van der Waals surface area contributed by atoms with Crippen molar-refractivity contribution in [3.05, 3.63) is 22.8 Å². The summed E-state index contributed by atoms with van der Waals surface area (Å²) in [6, 6.07) is 2.47. The van der Waals surface area contributed by atoms with Gasteiger partial charge in [0.1, 0.15) is 5.82 Å². The van der Waals surface area contributed by atoms with Gasteiger partial charge in [-0.2, -0.15) is 0 Å². The first-order valence-corrected chi connectivity index (χ1v) is 6.75. The van der Waals surface area contributed by atoms with Crippen LogP contribution in [0.4, 0.5) is 5.82 Å². The SMILES string of the molecule is CCC1CCCCN1c1nccc(CN)c1Cl. The number of hydrogen-bond acceptors (Lipinski definition) is 3. The number of halogens is 1. The van der Waals surface area contributed by atoms with Gasteiger partial charge in [0, 0.05) is 25.3 Å². The maximum Gasteiger partial charge on any atom is 0.147 e. The number of rotatable bonds is 3. The van der Waals surface area contributed by atoms with E-state index < -0.39 is 0 Å². The van der Waals surface area contributed by atoms with Gasteiger partial charge in [0.15, 0.2) is 0 Å². The Balaban J connectivity index is 2.31. The monoisotopic (exact) mass is 253 g/mol. The summed E-state index contributed by atoms with van der Waals surface area (Å²) in [5.74, 6) is 0.918. The van der Waals surface area contributed by atoms with Gasteiger partial charge in [-0.05, 0) is 37.3 Å². The topological polar surface area (TPSA) is 42.2 Å². The standard InChI is InChI=1S/C13H20ClN3/c1-2-11-5-3-4-8-17(11)13-12(14)10(9-15)6-7-16-13/h6-7,11H,2-5,8-9,15H2,1H3. The number of aromatic nitrogens is 1. The molecule has 1 aliphatic heterocycles. The number of pyridine rings is 1. The summed E-state index contributed by atoms with van der Waals surface area (Å²) >= 11 is 6.38. The number of nitrogens with two attached hydrogens (primary N) is 1. The van der Waals surface area contributed by atoms with E-state index >= 15 is 0 Å². The molecule has 1 aliphatic rings. The highest BCUT2D eigenvalue weighted by Gasteiger charge is 2.24. The first-order chi connectivity index (χ1) is 8.27. The molecule has 1 saturated heterocycles. The van der Waals surface area contributed by atoms with Crippen LogP contribution in [0, 0.1) is 0 Å². The van der Waals surface area contributed by atoms with Gasteiger partial charge in [0.2, 0.25) is 0 Å². The minimum absolute atomic E-state index is 0.471. The van der Waals surface area contributed by atoms with E-state index in [1.54, 1.807) is 0 Å². The van der Waals surface area contributed by atoms with Crippen molar-refractivity contribution in [1.29, 1.82) is 0 Å². The molecule has 0 radical (unpaired) electrons. The minimum atomic E-state index is 0.471. The van der Waals surface area contributed by atoms with Crippen LogP contribution in [0.2, 0.25) is 5.02 Å². The minimum Gasteiger partial charge on any atom is -0.352 e. The predicted molar refractivity (Wildman–Crippen MR) is 72.4 cm³/mol. The Bertz CT molecular complexity index is 381. The molecule has 17 heavy (non-hydrogen) atoms. The zero-order chi connectivity index (χ0) is 12.3. The summed E-state index contributed by atoms with van der Waals surface area (Å²) < 4.78 is 0. The first-order valence-electron chi connectivity index (χ1n) is 6.38. The van der Waals surface area contributed by atoms with Gasteiger partial charge in [0.05, 0.1) is 5.02 Å². The van der Waals surface area contributed by atoms with E-state index in [-0.39, 0.29) is 0 Å². The van der Waals surface area contributed by atoms with Gasteiger partial charge >= 0.3 is 0 Å². The van der Waals surface area contributed by atoms with E-state index in [0.717, 1.165) is 29.4 Å². The number of anilines is 1. The second-order valence-corrected chi connectivity index (χ2v) is 4.94. The Morgan fingerprint density at radius 1 is 1.53 bits per heavy atom. The molecule has 0 bridgehead atoms. The number of hydrogen-bond donors (Lipinski definition) is 1. The van der Waals surface area contributed by atoms with Gasteiger partial charge in [-0.1, -0.05) is 18.5 Å². The van der Waals surface area contributed by atoms with Crippen LogP contribution in [0.15, 0.2) is 12.3 Å². The van der Waals surface area contributed by atoms with Gasteiger partial charge in [-0.25, -0.2) is 4.98 Å². The average Bonchev–Trinajstić information content (AvgIpc) is 2.39. The lowest BCUT2D eigenvalue weighted by molar-refractivity contribution is 0.447.